The molecule has 3 aromatic rings. The van der Waals surface area contributed by atoms with E-state index in [1.54, 1.807) is 62.8 Å². The van der Waals surface area contributed by atoms with E-state index in [1.807, 2.05) is 0 Å². The summed E-state index contributed by atoms with van der Waals surface area (Å²) in [5.41, 5.74) is 1.92. The van der Waals surface area contributed by atoms with Crippen LogP contribution in [0.15, 0.2) is 48.5 Å². The quantitative estimate of drug-likeness (QED) is 0.503. The summed E-state index contributed by atoms with van der Waals surface area (Å²) in [6, 6.07) is 13.8. The zero-order valence-electron chi connectivity index (χ0n) is 15.0. The fourth-order valence-corrected chi connectivity index (χ4v) is 2.79. The standard InChI is InChI=1S/C19H17N3O5/c1-12(23)21-18(14-6-10-16(27-3)11-7-14)17(20-19(21)22(24)25)13-4-8-15(26-2)9-5-13/h4-11H,1-3H3. The molecular weight excluding hydrogens is 350 g/mol. The Morgan fingerprint density at radius 2 is 1.44 bits per heavy atom. The number of nitrogens with zero attached hydrogens (tertiary/aromatic N) is 3. The zero-order chi connectivity index (χ0) is 19.6. The molecule has 0 amide bonds. The Hall–Kier alpha value is -3.68. The molecule has 0 aliphatic heterocycles. The third kappa shape index (κ3) is 3.37. The van der Waals surface area contributed by atoms with Crippen molar-refractivity contribution in [1.82, 2.24) is 9.55 Å². The number of nitro groups is 1. The Bertz CT molecular complexity index is 991. The molecule has 0 fully saturated rings. The first kappa shape index (κ1) is 18.1. The molecule has 8 nitrogen and oxygen atoms in total. The second-order valence-corrected chi connectivity index (χ2v) is 5.68. The number of carbonyl (C=O) groups is 1. The fourth-order valence-electron chi connectivity index (χ4n) is 2.79. The maximum absolute atomic E-state index is 12.2. The second-order valence-electron chi connectivity index (χ2n) is 5.68. The van der Waals surface area contributed by atoms with Crippen molar-refractivity contribution in [1.29, 1.82) is 0 Å². The van der Waals surface area contributed by atoms with Crippen molar-refractivity contribution >= 4 is 11.9 Å². The first-order valence-electron chi connectivity index (χ1n) is 8.03. The van der Waals surface area contributed by atoms with Crippen LogP contribution in [0.2, 0.25) is 0 Å². The highest BCUT2D eigenvalue weighted by molar-refractivity contribution is 5.91. The lowest BCUT2D eigenvalue weighted by molar-refractivity contribution is -0.395. The summed E-state index contributed by atoms with van der Waals surface area (Å²) < 4.78 is 11.3. The van der Waals surface area contributed by atoms with Gasteiger partial charge in [-0.15, -0.1) is 0 Å². The topological polar surface area (TPSA) is 96.5 Å². The van der Waals surface area contributed by atoms with Crippen molar-refractivity contribution in [3.05, 3.63) is 58.6 Å². The largest absolute Gasteiger partial charge is 0.497 e. The lowest BCUT2D eigenvalue weighted by Gasteiger charge is -2.06. The van der Waals surface area contributed by atoms with Crippen molar-refractivity contribution in [3.8, 4) is 34.0 Å². The average Bonchev–Trinajstić information content (AvgIpc) is 3.09. The van der Waals surface area contributed by atoms with E-state index < -0.39 is 16.8 Å². The van der Waals surface area contributed by atoms with Crippen LogP contribution in [0.5, 0.6) is 11.5 Å². The molecule has 0 spiro atoms. The van der Waals surface area contributed by atoms with Gasteiger partial charge in [0.05, 0.1) is 14.2 Å². The molecule has 0 bridgehead atoms. The number of ether oxygens (including phenoxy) is 2. The van der Waals surface area contributed by atoms with Crippen molar-refractivity contribution in [2.45, 2.75) is 6.92 Å². The predicted molar refractivity (Wildman–Crippen MR) is 99.2 cm³/mol. The fraction of sp³-hybridized carbons (Fsp3) is 0.158. The van der Waals surface area contributed by atoms with E-state index in [1.165, 1.54) is 6.92 Å². The highest BCUT2D eigenvalue weighted by Crippen LogP contribution is 2.36. The number of hydrogen-bond acceptors (Lipinski definition) is 6. The predicted octanol–water partition coefficient (Wildman–Crippen LogP) is 3.80. The van der Waals surface area contributed by atoms with Gasteiger partial charge >= 0.3 is 5.95 Å². The number of hydrogen-bond donors (Lipinski definition) is 0. The van der Waals surface area contributed by atoms with Crippen molar-refractivity contribution in [2.75, 3.05) is 14.2 Å². The summed E-state index contributed by atoms with van der Waals surface area (Å²) in [6.45, 7) is 1.26. The maximum atomic E-state index is 12.2. The van der Waals surface area contributed by atoms with Crippen LogP contribution in [0.4, 0.5) is 5.95 Å². The minimum absolute atomic E-state index is 0.338. The van der Waals surface area contributed by atoms with Gasteiger partial charge in [0.2, 0.25) is 0 Å². The number of rotatable bonds is 5. The molecule has 2 aromatic carbocycles. The number of imidazole rings is 1. The van der Waals surface area contributed by atoms with Crippen molar-refractivity contribution in [2.24, 2.45) is 0 Å². The SMILES string of the molecule is COc1ccc(-c2nc([N+](=O)[O-])n(C(C)=O)c2-c2ccc(OC)cc2)cc1. The van der Waals surface area contributed by atoms with E-state index in [0.717, 1.165) is 4.57 Å². The van der Waals surface area contributed by atoms with Crippen LogP contribution in [0.3, 0.4) is 0 Å². The molecule has 0 aliphatic carbocycles. The summed E-state index contributed by atoms with van der Waals surface area (Å²) >= 11 is 0. The van der Waals surface area contributed by atoms with Crippen LogP contribution < -0.4 is 9.47 Å². The summed E-state index contributed by atoms with van der Waals surface area (Å²) in [5.74, 6) is 0.248. The van der Waals surface area contributed by atoms with E-state index in [9.17, 15) is 14.9 Å². The van der Waals surface area contributed by atoms with Gasteiger partial charge in [-0.3, -0.25) is 4.79 Å². The number of aromatic nitrogens is 2. The Morgan fingerprint density at radius 3 is 1.85 bits per heavy atom. The van der Waals surface area contributed by atoms with Gasteiger partial charge in [0.1, 0.15) is 11.5 Å². The van der Waals surface area contributed by atoms with E-state index >= 15 is 0 Å². The summed E-state index contributed by atoms with van der Waals surface area (Å²) in [5, 5.41) is 11.5. The number of carbonyl (C=O) groups excluding carboxylic acids is 1. The van der Waals surface area contributed by atoms with Crippen LogP contribution in [0, 0.1) is 10.1 Å². The highest BCUT2D eigenvalue weighted by atomic mass is 16.6. The normalized spacial score (nSPS) is 10.5. The summed E-state index contributed by atoms with van der Waals surface area (Å²) in [6.07, 6.45) is 0. The summed E-state index contributed by atoms with van der Waals surface area (Å²) in [7, 11) is 3.09. The average molecular weight is 367 g/mol. The van der Waals surface area contributed by atoms with Crippen LogP contribution in [0.1, 0.15) is 11.7 Å². The molecule has 138 valence electrons. The minimum Gasteiger partial charge on any atom is -0.497 e. The van der Waals surface area contributed by atoms with Gasteiger partial charge < -0.3 is 19.6 Å². The van der Waals surface area contributed by atoms with Gasteiger partial charge in [0.25, 0.3) is 5.91 Å². The number of benzene rings is 2. The number of methoxy groups -OCH3 is 2. The summed E-state index contributed by atoms with van der Waals surface area (Å²) in [4.78, 5) is 27.2. The lowest BCUT2D eigenvalue weighted by atomic mass is 10.0. The van der Waals surface area contributed by atoms with E-state index in [0.29, 0.717) is 34.0 Å². The first-order chi connectivity index (χ1) is 13.0. The van der Waals surface area contributed by atoms with Crippen molar-refractivity contribution in [3.63, 3.8) is 0 Å². The zero-order valence-corrected chi connectivity index (χ0v) is 15.0. The van der Waals surface area contributed by atoms with E-state index in [4.69, 9.17) is 9.47 Å². The molecule has 8 heteroatoms. The molecular formula is C19H17N3O5. The highest BCUT2D eigenvalue weighted by Gasteiger charge is 2.32. The molecule has 0 unspecified atom stereocenters. The third-order valence-corrected chi connectivity index (χ3v) is 4.06. The Labute approximate surface area is 155 Å². The molecule has 0 atom stereocenters. The first-order valence-corrected chi connectivity index (χ1v) is 8.03. The van der Waals surface area contributed by atoms with Crippen LogP contribution in [-0.4, -0.2) is 34.6 Å². The van der Waals surface area contributed by atoms with Gasteiger partial charge in [-0.05, 0) is 53.5 Å². The molecule has 27 heavy (non-hydrogen) atoms. The smallest absolute Gasteiger partial charge is 0.443 e. The van der Waals surface area contributed by atoms with E-state index in [2.05, 4.69) is 4.98 Å². The molecule has 0 radical (unpaired) electrons. The van der Waals surface area contributed by atoms with Crippen LogP contribution in [0.25, 0.3) is 22.5 Å². The molecule has 3 rings (SSSR count). The second kappa shape index (κ2) is 7.28. The van der Waals surface area contributed by atoms with Gasteiger partial charge in [0, 0.05) is 18.1 Å². The molecule has 1 aromatic heterocycles. The Kier molecular flexibility index (Phi) is 4.89. The third-order valence-electron chi connectivity index (χ3n) is 4.06. The molecule has 0 saturated heterocycles. The van der Waals surface area contributed by atoms with Crippen LogP contribution in [-0.2, 0) is 0 Å². The minimum atomic E-state index is -0.665. The van der Waals surface area contributed by atoms with E-state index in [-0.39, 0.29) is 0 Å². The Morgan fingerprint density at radius 1 is 0.963 bits per heavy atom. The van der Waals surface area contributed by atoms with Gasteiger partial charge in [0.15, 0.2) is 11.4 Å². The molecule has 1 heterocycles. The van der Waals surface area contributed by atoms with Crippen LogP contribution >= 0.6 is 0 Å². The van der Waals surface area contributed by atoms with Gasteiger partial charge in [-0.25, -0.2) is 0 Å². The molecule has 0 N–H and O–H groups in total. The molecule has 0 aliphatic rings. The van der Waals surface area contributed by atoms with Gasteiger partial charge in [-0.1, -0.05) is 4.98 Å². The Balaban J connectivity index is 2.28. The monoisotopic (exact) mass is 367 g/mol. The van der Waals surface area contributed by atoms with Gasteiger partial charge in [-0.2, -0.15) is 4.57 Å². The van der Waals surface area contributed by atoms with Crippen molar-refractivity contribution < 1.29 is 19.2 Å². The molecule has 0 saturated carbocycles. The maximum Gasteiger partial charge on any atom is 0.443 e. The lowest BCUT2D eigenvalue weighted by Crippen LogP contribution is -2.11.